The molecule has 0 saturated carbocycles. The van der Waals surface area contributed by atoms with Crippen LogP contribution in [0.4, 0.5) is 15.4 Å². The standard InChI is InChI=1S/C22H18N4O3S.C17H15N3O2S.C11H12N2OS.C10H11BrO2.C10H12O2.C6H5NO2.C5H4BrNO/c1-13-9-17(29-16-3-4-19(27)24-11-16)10-14(2)20(13)18-12-30-22(25-18)26-21(28)15-5-7-23-8-6-15;1-10-7-13(21)8-11(2)15(10)14-9-23-17(19-14)20-16(22)12-3-5-18-6-4-12;1-6-3-8(14)4-7(2)10(6)9-5-15-11(12)13-9;1-6-3-8(12)4-7(2)10(6)9(13)5-11;1-6-4-9(12)5-7(2)10(6)8(3)11;8-6(9)5-1-3-7-4-2-5;6-4-1-2-5(8)7-3-4/h3-12H,1-2H3,(H,24,27)(H,25,26,28);3-9,21H,1-2H3,(H,19,20,22);3-5,14H,1-2H3,(H2,12,13);3-4,12H,5H2,1-2H3;4-5,12H,1-3H3;1-4H,(H,8,9);1-3H,(H,7,8). The number of ketones is 2. The molecule has 0 aliphatic rings. The summed E-state index contributed by atoms with van der Waals surface area (Å²) in [7, 11) is 0. The lowest BCUT2D eigenvalue weighted by Crippen LogP contribution is -2.11. The van der Waals surface area contributed by atoms with E-state index >= 15 is 0 Å². The monoisotopic (exact) mass is 1670 g/mol. The Balaban J connectivity index is 0.000000187. The van der Waals surface area contributed by atoms with E-state index in [0.717, 1.165) is 93.9 Å². The number of amides is 2. The SMILES string of the molecule is CC(=O)c1c(C)cc(O)cc1C.Cc1cc(O)cc(C)c1-c1csc(N)n1.Cc1cc(O)cc(C)c1-c1csc(NC(=O)c2ccncc2)n1.Cc1cc(O)cc(C)c1C(=O)CBr.Cc1cc(Oc2ccc(=O)[nH]c2)cc(C)c1-c1csc(NC(=O)c2ccncc2)n1.O=C(O)c1ccncc1.O=c1ccc(Br)c[nH]1. The molecule has 11 N–H and O–H groups in total. The van der Waals surface area contributed by atoms with Gasteiger partial charge < -0.3 is 46.0 Å². The number of benzene rings is 5. The van der Waals surface area contributed by atoms with Crippen molar-refractivity contribution in [1.82, 2.24) is 39.9 Å². The minimum atomic E-state index is -0.919. The molecule has 0 unspecified atom stereocenters. The number of nitrogens with one attached hydrogen (secondary N) is 4. The Labute approximate surface area is 661 Å². The molecule has 0 spiro atoms. The fourth-order valence-electron chi connectivity index (χ4n) is 11.1. The number of rotatable bonds is 13. The highest BCUT2D eigenvalue weighted by atomic mass is 79.9. The number of thiazole rings is 3. The van der Waals surface area contributed by atoms with Crippen molar-refractivity contribution in [3.05, 3.63) is 296 Å². The Bertz CT molecular complexity index is 5370. The van der Waals surface area contributed by atoms with Gasteiger partial charge in [-0.25, -0.2) is 19.7 Å². The first-order valence-corrected chi connectivity index (χ1v) is 37.7. The normalized spacial score (nSPS) is 10.2. The van der Waals surface area contributed by atoms with Crippen LogP contribution in [0.3, 0.4) is 0 Å². The Morgan fingerprint density at radius 1 is 0.455 bits per heavy atom. The fraction of sp³-hybridized carbons (Fsp3) is 0.148. The lowest BCUT2D eigenvalue weighted by Gasteiger charge is -2.12. The number of nitrogens with two attached hydrogens (primary N) is 1. The molecule has 110 heavy (non-hydrogen) atoms. The number of hydrogen-bond donors (Lipinski definition) is 10. The molecule has 8 aromatic heterocycles. The number of aromatic carboxylic acids is 1. The van der Waals surface area contributed by atoms with Crippen molar-refractivity contribution in [2.45, 2.75) is 76.2 Å². The molecule has 0 radical (unpaired) electrons. The third-order valence-corrected chi connectivity index (χ3v) is 18.8. The average molecular weight is 1670 g/mol. The number of aromatic nitrogens is 8. The smallest absolute Gasteiger partial charge is 0.335 e. The number of alkyl halides is 1. The molecule has 566 valence electrons. The molecule has 0 aliphatic carbocycles. The number of Topliss-reactive ketones (excluding diaryl/α,β-unsaturated/α-hetero) is 2. The van der Waals surface area contributed by atoms with E-state index in [-0.39, 0.29) is 63.1 Å². The Morgan fingerprint density at radius 3 is 1.12 bits per heavy atom. The number of carboxylic acid groups (broad SMARTS) is 1. The van der Waals surface area contributed by atoms with Crippen molar-refractivity contribution in [1.29, 1.82) is 0 Å². The van der Waals surface area contributed by atoms with E-state index in [1.807, 2.05) is 97.5 Å². The van der Waals surface area contributed by atoms with Crippen LogP contribution in [0.2, 0.25) is 0 Å². The minimum absolute atomic E-state index is 0.0463. The molecule has 2 amide bonds. The summed E-state index contributed by atoms with van der Waals surface area (Å²) in [6, 6.07) is 32.8. The quantitative estimate of drug-likeness (QED) is 0.0378. The summed E-state index contributed by atoms with van der Waals surface area (Å²) in [4.78, 5) is 109. The maximum absolute atomic E-state index is 12.3. The predicted octanol–water partition coefficient (Wildman–Crippen LogP) is 17.8. The molecule has 13 aromatic rings. The second-order valence-corrected chi connectivity index (χ2v) is 28.4. The summed E-state index contributed by atoms with van der Waals surface area (Å²) in [5, 5.41) is 59.2. The number of phenolic OH excluding ortho intramolecular Hbond substituents is 4. The third kappa shape index (κ3) is 25.2. The van der Waals surface area contributed by atoms with Gasteiger partial charge in [0, 0.05) is 121 Å². The van der Waals surface area contributed by atoms with Gasteiger partial charge in [-0.3, -0.25) is 54.4 Å². The van der Waals surface area contributed by atoms with E-state index in [9.17, 15) is 54.0 Å². The molecule has 29 heteroatoms. The first-order chi connectivity index (χ1) is 52.3. The highest BCUT2D eigenvalue weighted by molar-refractivity contribution is 9.10. The van der Waals surface area contributed by atoms with Gasteiger partial charge in [-0.2, -0.15) is 0 Å². The van der Waals surface area contributed by atoms with E-state index in [1.54, 1.807) is 116 Å². The first kappa shape index (κ1) is 85.1. The zero-order valence-electron chi connectivity index (χ0n) is 61.3. The molecular weight excluding hydrogens is 1590 g/mol. The van der Waals surface area contributed by atoms with Gasteiger partial charge in [0.1, 0.15) is 34.5 Å². The summed E-state index contributed by atoms with van der Waals surface area (Å²) >= 11 is 10.5. The maximum atomic E-state index is 12.3. The van der Waals surface area contributed by atoms with E-state index in [2.05, 4.69) is 82.4 Å². The van der Waals surface area contributed by atoms with Gasteiger partial charge in [-0.1, -0.05) is 15.9 Å². The number of carboxylic acids is 1. The number of aryl methyl sites for hydroxylation is 10. The topological polar surface area (TPSA) is 389 Å². The van der Waals surface area contributed by atoms with Crippen LogP contribution >= 0.6 is 65.9 Å². The van der Waals surface area contributed by atoms with Crippen molar-refractivity contribution < 1.29 is 54.2 Å². The van der Waals surface area contributed by atoms with Crippen LogP contribution in [-0.2, 0) is 0 Å². The van der Waals surface area contributed by atoms with Crippen LogP contribution < -0.4 is 32.2 Å². The Kier molecular flexibility index (Phi) is 31.5. The average Bonchev–Trinajstić information content (AvgIpc) is 1.59. The molecule has 0 fully saturated rings. The minimum Gasteiger partial charge on any atom is -0.508 e. The zero-order chi connectivity index (χ0) is 80.5. The second kappa shape index (κ2) is 40.7. The van der Waals surface area contributed by atoms with Crippen LogP contribution in [0, 0.1) is 69.2 Å². The zero-order valence-corrected chi connectivity index (χ0v) is 67.0. The Hall–Kier alpha value is -12.2. The van der Waals surface area contributed by atoms with Gasteiger partial charge in [-0.05, 0) is 257 Å². The van der Waals surface area contributed by atoms with Crippen molar-refractivity contribution in [3.8, 4) is 68.3 Å². The predicted molar refractivity (Wildman–Crippen MR) is 440 cm³/mol. The number of carbonyl (C=O) groups is 5. The van der Waals surface area contributed by atoms with E-state index in [1.165, 1.54) is 83.8 Å². The van der Waals surface area contributed by atoms with Gasteiger partial charge in [-0.15, -0.1) is 34.0 Å². The molecule has 24 nitrogen and oxygen atoms in total. The van der Waals surface area contributed by atoms with Gasteiger partial charge in [0.05, 0.1) is 28.0 Å². The van der Waals surface area contributed by atoms with Crippen molar-refractivity contribution in [3.63, 3.8) is 0 Å². The number of carbonyl (C=O) groups excluding carboxylic acids is 4. The largest absolute Gasteiger partial charge is 0.508 e. The third-order valence-electron chi connectivity index (χ3n) is 15.6. The lowest BCUT2D eigenvalue weighted by molar-refractivity contribution is 0.0695. The number of H-pyrrole nitrogens is 2. The van der Waals surface area contributed by atoms with Gasteiger partial charge in [0.25, 0.3) is 11.8 Å². The van der Waals surface area contributed by atoms with Crippen LogP contribution in [0.25, 0.3) is 33.8 Å². The first-order valence-electron chi connectivity index (χ1n) is 33.1. The number of halogens is 2. The number of ether oxygens (including phenoxy) is 1. The summed E-state index contributed by atoms with van der Waals surface area (Å²) in [5.41, 5.74) is 22.8. The van der Waals surface area contributed by atoms with E-state index in [4.69, 9.17) is 15.6 Å². The summed E-state index contributed by atoms with van der Waals surface area (Å²) in [5.74, 6) is 0.915. The van der Waals surface area contributed by atoms with Crippen LogP contribution in [0.1, 0.15) is 114 Å². The molecule has 0 bridgehead atoms. The highest BCUT2D eigenvalue weighted by Gasteiger charge is 2.18. The highest BCUT2D eigenvalue weighted by Crippen LogP contribution is 2.37. The summed E-state index contributed by atoms with van der Waals surface area (Å²) in [6.07, 6.45) is 12.3. The summed E-state index contributed by atoms with van der Waals surface area (Å²) < 4.78 is 6.73. The number of aromatic amines is 2. The fourth-order valence-corrected chi connectivity index (χ4v) is 13.6. The van der Waals surface area contributed by atoms with Crippen LogP contribution in [-0.4, -0.2) is 100 Å². The van der Waals surface area contributed by atoms with Crippen LogP contribution in [0.15, 0.2) is 201 Å². The molecule has 0 saturated heterocycles. The maximum Gasteiger partial charge on any atom is 0.335 e. The Morgan fingerprint density at radius 2 is 0.800 bits per heavy atom. The molecule has 8 heterocycles. The molecule has 5 aromatic carbocycles. The van der Waals surface area contributed by atoms with Gasteiger partial charge in [0.15, 0.2) is 27.0 Å². The van der Waals surface area contributed by atoms with Crippen molar-refractivity contribution in [2.24, 2.45) is 0 Å². The molecule has 13 rings (SSSR count). The number of hydrogen-bond acceptors (Lipinski definition) is 22. The lowest BCUT2D eigenvalue weighted by atomic mass is 9.99. The van der Waals surface area contributed by atoms with Gasteiger partial charge in [0.2, 0.25) is 11.1 Å². The van der Waals surface area contributed by atoms with Crippen molar-refractivity contribution >= 4 is 111 Å². The number of aromatic hydroxyl groups is 4. The molecule has 0 aliphatic heterocycles. The second-order valence-electron chi connectivity index (χ2n) is 24.3. The van der Waals surface area contributed by atoms with Crippen molar-refractivity contribution in [2.75, 3.05) is 21.7 Å². The number of nitrogen functional groups attached to an aromatic ring is 1. The van der Waals surface area contributed by atoms with E-state index < -0.39 is 5.97 Å². The van der Waals surface area contributed by atoms with E-state index in [0.29, 0.717) is 54.5 Å². The molecular formula is C81H77Br2N11O13S3. The van der Waals surface area contributed by atoms with Gasteiger partial charge >= 0.3 is 5.97 Å². The summed E-state index contributed by atoms with van der Waals surface area (Å²) in [6.45, 7) is 20.6. The number of anilines is 3. The van der Waals surface area contributed by atoms with Crippen LogP contribution in [0.5, 0.6) is 34.5 Å². The molecule has 0 atom stereocenters. The number of pyridine rings is 5. The number of nitrogens with zero attached hydrogens (tertiary/aromatic N) is 6. The number of phenols is 4.